The van der Waals surface area contributed by atoms with Crippen LogP contribution >= 0.6 is 11.6 Å². The van der Waals surface area contributed by atoms with E-state index in [0.717, 1.165) is 30.8 Å². The van der Waals surface area contributed by atoms with Crippen LogP contribution in [0.25, 0.3) is 0 Å². The van der Waals surface area contributed by atoms with E-state index in [1.54, 1.807) is 6.20 Å². The molecule has 118 valence electrons. The van der Waals surface area contributed by atoms with Gasteiger partial charge in [0, 0.05) is 17.3 Å². The number of hydrogen-bond donors (Lipinski definition) is 2. The Hall–Kier alpha value is -1.92. The van der Waals surface area contributed by atoms with Crippen molar-refractivity contribution >= 4 is 29.1 Å². The molecule has 0 unspecified atom stereocenters. The zero-order valence-corrected chi connectivity index (χ0v) is 13.9. The highest BCUT2D eigenvalue weighted by molar-refractivity contribution is 6.30. The maximum atomic E-state index is 6.01. The van der Waals surface area contributed by atoms with E-state index in [-0.39, 0.29) is 0 Å². The van der Waals surface area contributed by atoms with Gasteiger partial charge in [-0.25, -0.2) is 0 Å². The summed E-state index contributed by atoms with van der Waals surface area (Å²) in [4.78, 5) is 6.55. The molecule has 7 heteroatoms. The first-order valence-electron chi connectivity index (χ1n) is 7.16. The van der Waals surface area contributed by atoms with Crippen molar-refractivity contribution in [3.63, 3.8) is 0 Å². The van der Waals surface area contributed by atoms with Gasteiger partial charge < -0.3 is 15.5 Å². The average Bonchev–Trinajstić information content (AvgIpc) is 2.48. The molecular formula is C15H21ClN6. The molecule has 0 radical (unpaired) electrons. The van der Waals surface area contributed by atoms with Gasteiger partial charge in [-0.15, -0.1) is 5.10 Å². The van der Waals surface area contributed by atoms with Crippen molar-refractivity contribution in [1.82, 2.24) is 20.1 Å². The Morgan fingerprint density at radius 1 is 1.27 bits per heavy atom. The maximum Gasteiger partial charge on any atom is 0.249 e. The number of anilines is 3. The molecule has 1 heterocycles. The third kappa shape index (κ3) is 5.13. The molecule has 1 aromatic heterocycles. The van der Waals surface area contributed by atoms with Gasteiger partial charge in [-0.3, -0.25) is 0 Å². The van der Waals surface area contributed by atoms with Crippen molar-refractivity contribution in [2.45, 2.75) is 13.3 Å². The molecule has 0 aliphatic heterocycles. The predicted molar refractivity (Wildman–Crippen MR) is 91.0 cm³/mol. The fourth-order valence-electron chi connectivity index (χ4n) is 1.90. The number of nitrogens with zero attached hydrogens (tertiary/aromatic N) is 4. The van der Waals surface area contributed by atoms with Gasteiger partial charge in [-0.05, 0) is 51.7 Å². The summed E-state index contributed by atoms with van der Waals surface area (Å²) < 4.78 is 0. The Balaban J connectivity index is 1.97. The van der Waals surface area contributed by atoms with E-state index in [4.69, 9.17) is 11.6 Å². The molecule has 1 aromatic carbocycles. The summed E-state index contributed by atoms with van der Waals surface area (Å²) in [6.07, 6.45) is 2.65. The van der Waals surface area contributed by atoms with Crippen molar-refractivity contribution in [2.75, 3.05) is 37.8 Å². The lowest BCUT2D eigenvalue weighted by atomic mass is 10.2. The van der Waals surface area contributed by atoms with Crippen molar-refractivity contribution in [3.8, 4) is 0 Å². The van der Waals surface area contributed by atoms with Crippen LogP contribution in [0.2, 0.25) is 5.02 Å². The molecule has 6 nitrogen and oxygen atoms in total. The molecule has 22 heavy (non-hydrogen) atoms. The van der Waals surface area contributed by atoms with Crippen molar-refractivity contribution < 1.29 is 0 Å². The van der Waals surface area contributed by atoms with Crippen LogP contribution in [-0.2, 0) is 0 Å². The topological polar surface area (TPSA) is 66.0 Å². The van der Waals surface area contributed by atoms with E-state index in [1.807, 2.05) is 25.1 Å². The van der Waals surface area contributed by atoms with Crippen LogP contribution in [0.4, 0.5) is 17.5 Å². The van der Waals surface area contributed by atoms with Gasteiger partial charge in [-0.1, -0.05) is 17.7 Å². The normalized spacial score (nSPS) is 10.8. The Morgan fingerprint density at radius 2 is 2.09 bits per heavy atom. The highest BCUT2D eigenvalue weighted by Gasteiger charge is 2.04. The zero-order valence-electron chi connectivity index (χ0n) is 13.1. The van der Waals surface area contributed by atoms with Gasteiger partial charge in [-0.2, -0.15) is 10.1 Å². The Labute approximate surface area is 135 Å². The molecule has 0 fully saturated rings. The minimum atomic E-state index is 0.447. The first-order chi connectivity index (χ1) is 10.5. The minimum Gasteiger partial charge on any atom is -0.369 e. The molecule has 0 saturated heterocycles. The number of nitrogens with one attached hydrogen (secondary N) is 2. The summed E-state index contributed by atoms with van der Waals surface area (Å²) >= 11 is 6.01. The first-order valence-corrected chi connectivity index (χ1v) is 7.54. The highest BCUT2D eigenvalue weighted by Crippen LogP contribution is 2.22. The lowest BCUT2D eigenvalue weighted by molar-refractivity contribution is 0.405. The SMILES string of the molecule is Cc1ccc(Cl)cc1Nc1nncc(NCCCN(C)C)n1. The lowest BCUT2D eigenvalue weighted by Gasteiger charge is -2.11. The first kappa shape index (κ1) is 16.5. The predicted octanol–water partition coefficient (Wildman–Crippen LogP) is 2.94. The Bertz CT molecular complexity index is 617. The molecule has 0 atom stereocenters. The second-order valence-corrected chi connectivity index (χ2v) is 5.77. The molecule has 2 rings (SSSR count). The number of aryl methyl sites for hydroxylation is 1. The van der Waals surface area contributed by atoms with Crippen LogP contribution in [0.1, 0.15) is 12.0 Å². The fourth-order valence-corrected chi connectivity index (χ4v) is 2.07. The standard InChI is InChI=1S/C15H21ClN6/c1-11-5-6-12(16)9-13(11)19-15-20-14(10-18-21-15)17-7-4-8-22(2)3/h5-6,9-10H,4,7-8H2,1-3H3,(H2,17,19,20,21). The van der Waals surface area contributed by atoms with E-state index in [1.165, 1.54) is 0 Å². The quantitative estimate of drug-likeness (QED) is 0.765. The maximum absolute atomic E-state index is 6.01. The Kier molecular flexibility index (Phi) is 5.91. The average molecular weight is 321 g/mol. The lowest BCUT2D eigenvalue weighted by Crippen LogP contribution is -2.17. The second-order valence-electron chi connectivity index (χ2n) is 5.33. The van der Waals surface area contributed by atoms with E-state index in [0.29, 0.717) is 16.8 Å². The molecule has 0 saturated carbocycles. The number of benzene rings is 1. The molecule has 0 bridgehead atoms. The Morgan fingerprint density at radius 3 is 2.86 bits per heavy atom. The van der Waals surface area contributed by atoms with E-state index in [9.17, 15) is 0 Å². The molecule has 0 aliphatic carbocycles. The van der Waals surface area contributed by atoms with Crippen LogP contribution in [0.3, 0.4) is 0 Å². The highest BCUT2D eigenvalue weighted by atomic mass is 35.5. The monoisotopic (exact) mass is 320 g/mol. The summed E-state index contributed by atoms with van der Waals surface area (Å²) in [7, 11) is 4.11. The van der Waals surface area contributed by atoms with E-state index < -0.39 is 0 Å². The molecule has 2 aromatic rings. The van der Waals surface area contributed by atoms with Gasteiger partial charge in [0.2, 0.25) is 5.95 Å². The minimum absolute atomic E-state index is 0.447. The van der Waals surface area contributed by atoms with Crippen molar-refractivity contribution in [2.24, 2.45) is 0 Å². The van der Waals surface area contributed by atoms with Crippen LogP contribution in [0.5, 0.6) is 0 Å². The fraction of sp³-hybridized carbons (Fsp3) is 0.400. The third-order valence-electron chi connectivity index (χ3n) is 3.09. The van der Waals surface area contributed by atoms with Crippen LogP contribution in [0.15, 0.2) is 24.4 Å². The summed E-state index contributed by atoms with van der Waals surface area (Å²) in [6, 6.07) is 5.64. The zero-order chi connectivity index (χ0) is 15.9. The number of halogens is 1. The summed E-state index contributed by atoms with van der Waals surface area (Å²) in [5.74, 6) is 1.15. The van der Waals surface area contributed by atoms with Crippen molar-refractivity contribution in [1.29, 1.82) is 0 Å². The smallest absolute Gasteiger partial charge is 0.249 e. The van der Waals surface area contributed by atoms with Gasteiger partial charge in [0.05, 0.1) is 6.20 Å². The summed E-state index contributed by atoms with van der Waals surface area (Å²) in [6.45, 7) is 3.86. The summed E-state index contributed by atoms with van der Waals surface area (Å²) in [5.41, 5.74) is 1.94. The van der Waals surface area contributed by atoms with E-state index >= 15 is 0 Å². The van der Waals surface area contributed by atoms with Gasteiger partial charge in [0.25, 0.3) is 0 Å². The van der Waals surface area contributed by atoms with Crippen LogP contribution < -0.4 is 10.6 Å². The molecule has 2 N–H and O–H groups in total. The summed E-state index contributed by atoms with van der Waals surface area (Å²) in [5, 5.41) is 15.0. The molecular weight excluding hydrogens is 300 g/mol. The number of rotatable bonds is 7. The number of aromatic nitrogens is 3. The van der Waals surface area contributed by atoms with Crippen LogP contribution in [-0.4, -0.2) is 47.3 Å². The molecule has 0 amide bonds. The molecule has 0 aliphatic rings. The van der Waals surface area contributed by atoms with Gasteiger partial charge in [0.1, 0.15) is 0 Å². The van der Waals surface area contributed by atoms with E-state index in [2.05, 4.69) is 44.8 Å². The van der Waals surface area contributed by atoms with Gasteiger partial charge in [0.15, 0.2) is 5.82 Å². The third-order valence-corrected chi connectivity index (χ3v) is 3.33. The largest absolute Gasteiger partial charge is 0.369 e. The number of hydrogen-bond acceptors (Lipinski definition) is 6. The van der Waals surface area contributed by atoms with Crippen LogP contribution in [0, 0.1) is 6.92 Å². The van der Waals surface area contributed by atoms with Gasteiger partial charge >= 0.3 is 0 Å². The second kappa shape index (κ2) is 7.91. The van der Waals surface area contributed by atoms with Crippen molar-refractivity contribution in [3.05, 3.63) is 35.0 Å². The molecule has 0 spiro atoms.